The summed E-state index contributed by atoms with van der Waals surface area (Å²) in [6.45, 7) is 1.07. The molecule has 0 spiro atoms. The minimum absolute atomic E-state index is 0.00299. The molecule has 1 saturated carbocycles. The van der Waals surface area contributed by atoms with Gasteiger partial charge in [-0.05, 0) is 43.9 Å². The van der Waals surface area contributed by atoms with Crippen molar-refractivity contribution in [3.05, 3.63) is 54.0 Å². The highest BCUT2D eigenvalue weighted by Gasteiger charge is 2.37. The van der Waals surface area contributed by atoms with E-state index in [2.05, 4.69) is 20.6 Å². The third-order valence-electron chi connectivity index (χ3n) is 6.17. The number of carbonyl (C=O) groups is 2. The second-order valence-electron chi connectivity index (χ2n) is 8.47. The Morgan fingerprint density at radius 3 is 2.50 bits per heavy atom. The SMILES string of the molecule is O=C(NCC(=O)N(C1CCC(Oc2ccncn2)CC1)C1CNC1)c1cccc(C(F)(F)F)c1. The maximum absolute atomic E-state index is 13.1. The Labute approximate surface area is 194 Å². The van der Waals surface area contributed by atoms with Crippen LogP contribution in [0.5, 0.6) is 5.88 Å². The quantitative estimate of drug-likeness (QED) is 0.636. The number of nitrogens with zero attached hydrogens (tertiary/aromatic N) is 3. The lowest BCUT2D eigenvalue weighted by atomic mass is 9.90. The van der Waals surface area contributed by atoms with Gasteiger partial charge in [-0.1, -0.05) is 6.07 Å². The van der Waals surface area contributed by atoms with Gasteiger partial charge in [0.2, 0.25) is 11.8 Å². The summed E-state index contributed by atoms with van der Waals surface area (Å²) in [5.41, 5.74) is -1.04. The van der Waals surface area contributed by atoms with Gasteiger partial charge in [0.05, 0.1) is 18.2 Å². The molecule has 1 aromatic heterocycles. The molecule has 1 aliphatic carbocycles. The maximum Gasteiger partial charge on any atom is 0.416 e. The Kier molecular flexibility index (Phi) is 7.30. The zero-order valence-electron chi connectivity index (χ0n) is 18.4. The van der Waals surface area contributed by atoms with Crippen LogP contribution in [0, 0.1) is 0 Å². The summed E-state index contributed by atoms with van der Waals surface area (Å²) < 4.78 is 44.7. The molecule has 8 nitrogen and oxygen atoms in total. The largest absolute Gasteiger partial charge is 0.474 e. The standard InChI is InChI=1S/C23H26F3N5O3/c24-23(25,26)16-3-1-2-15(10-16)22(33)29-13-21(32)31(18-11-28-12-18)17-4-6-19(7-5-17)34-20-8-9-27-14-30-20/h1-3,8-10,14,17-19,28H,4-7,11-13H2,(H,29,33). The molecule has 2 amide bonds. The van der Waals surface area contributed by atoms with Gasteiger partial charge in [0.25, 0.3) is 5.91 Å². The van der Waals surface area contributed by atoms with Crippen molar-refractivity contribution < 1.29 is 27.5 Å². The van der Waals surface area contributed by atoms with E-state index in [9.17, 15) is 22.8 Å². The van der Waals surface area contributed by atoms with E-state index in [-0.39, 0.29) is 36.2 Å². The third-order valence-corrected chi connectivity index (χ3v) is 6.17. The predicted molar refractivity (Wildman–Crippen MR) is 116 cm³/mol. The fourth-order valence-corrected chi connectivity index (χ4v) is 4.32. The number of hydrogen-bond donors (Lipinski definition) is 2. The van der Waals surface area contributed by atoms with Gasteiger partial charge >= 0.3 is 6.18 Å². The molecule has 34 heavy (non-hydrogen) atoms. The number of alkyl halides is 3. The first kappa shape index (κ1) is 23.9. The van der Waals surface area contributed by atoms with Crippen molar-refractivity contribution in [2.45, 2.75) is 50.0 Å². The number of ether oxygens (including phenoxy) is 1. The molecule has 2 fully saturated rings. The zero-order chi connectivity index (χ0) is 24.1. The number of benzene rings is 1. The van der Waals surface area contributed by atoms with Gasteiger partial charge < -0.3 is 20.3 Å². The number of hydrogen-bond acceptors (Lipinski definition) is 6. The van der Waals surface area contributed by atoms with E-state index < -0.39 is 17.6 Å². The Morgan fingerprint density at radius 2 is 1.88 bits per heavy atom. The second kappa shape index (κ2) is 10.4. The summed E-state index contributed by atoms with van der Waals surface area (Å²) in [6, 6.07) is 5.90. The average Bonchev–Trinajstić information content (AvgIpc) is 2.80. The fourth-order valence-electron chi connectivity index (χ4n) is 4.32. The van der Waals surface area contributed by atoms with Crippen LogP contribution in [0.2, 0.25) is 0 Å². The van der Waals surface area contributed by atoms with Crippen LogP contribution in [-0.2, 0) is 11.0 Å². The molecule has 2 N–H and O–H groups in total. The number of nitrogens with one attached hydrogen (secondary N) is 2. The first-order valence-electron chi connectivity index (χ1n) is 11.2. The van der Waals surface area contributed by atoms with Gasteiger partial charge in [-0.15, -0.1) is 0 Å². The monoisotopic (exact) mass is 477 g/mol. The number of halogens is 3. The minimum Gasteiger partial charge on any atom is -0.474 e. The molecule has 4 rings (SSSR count). The van der Waals surface area contributed by atoms with Crippen molar-refractivity contribution in [2.24, 2.45) is 0 Å². The van der Waals surface area contributed by atoms with E-state index in [4.69, 9.17) is 4.74 Å². The lowest BCUT2D eigenvalue weighted by Crippen LogP contribution is -2.63. The molecule has 0 atom stereocenters. The molecule has 1 aromatic carbocycles. The molecule has 182 valence electrons. The lowest BCUT2D eigenvalue weighted by molar-refractivity contribution is -0.138. The summed E-state index contributed by atoms with van der Waals surface area (Å²) in [5, 5.41) is 5.65. The van der Waals surface area contributed by atoms with Crippen molar-refractivity contribution in [1.29, 1.82) is 0 Å². The highest BCUT2D eigenvalue weighted by molar-refractivity contribution is 5.96. The number of aromatic nitrogens is 2. The number of amides is 2. The summed E-state index contributed by atoms with van der Waals surface area (Å²) >= 11 is 0. The first-order valence-corrected chi connectivity index (χ1v) is 11.2. The topological polar surface area (TPSA) is 96.5 Å². The highest BCUT2D eigenvalue weighted by Crippen LogP contribution is 2.30. The van der Waals surface area contributed by atoms with Gasteiger partial charge in [-0.25, -0.2) is 9.97 Å². The van der Waals surface area contributed by atoms with Gasteiger partial charge in [-0.2, -0.15) is 13.2 Å². The predicted octanol–water partition coefficient (Wildman–Crippen LogP) is 2.42. The Balaban J connectivity index is 1.33. The smallest absolute Gasteiger partial charge is 0.416 e. The van der Waals surface area contributed by atoms with Crippen molar-refractivity contribution in [3.8, 4) is 5.88 Å². The van der Waals surface area contributed by atoms with Crippen LogP contribution in [0.3, 0.4) is 0 Å². The normalized spacial score (nSPS) is 20.8. The summed E-state index contributed by atoms with van der Waals surface area (Å²) in [4.78, 5) is 35.3. The molecular weight excluding hydrogens is 451 g/mol. The van der Waals surface area contributed by atoms with E-state index >= 15 is 0 Å². The summed E-state index contributed by atoms with van der Waals surface area (Å²) in [7, 11) is 0. The van der Waals surface area contributed by atoms with Crippen molar-refractivity contribution in [1.82, 2.24) is 25.5 Å². The van der Waals surface area contributed by atoms with Crippen LogP contribution >= 0.6 is 0 Å². The van der Waals surface area contributed by atoms with Crippen LogP contribution in [0.4, 0.5) is 13.2 Å². The van der Waals surface area contributed by atoms with E-state index in [1.807, 2.05) is 4.90 Å². The number of rotatable bonds is 7. The first-order chi connectivity index (χ1) is 16.3. The van der Waals surface area contributed by atoms with Crippen molar-refractivity contribution in [3.63, 3.8) is 0 Å². The fraction of sp³-hybridized carbons (Fsp3) is 0.478. The Morgan fingerprint density at radius 1 is 1.12 bits per heavy atom. The van der Waals surface area contributed by atoms with Gasteiger partial charge in [0, 0.05) is 37.0 Å². The molecule has 0 bridgehead atoms. The maximum atomic E-state index is 13.1. The van der Waals surface area contributed by atoms with Crippen LogP contribution in [0.15, 0.2) is 42.9 Å². The van der Waals surface area contributed by atoms with Crippen LogP contribution in [0.1, 0.15) is 41.6 Å². The third kappa shape index (κ3) is 5.82. The van der Waals surface area contributed by atoms with Crippen LogP contribution in [0.25, 0.3) is 0 Å². The summed E-state index contributed by atoms with van der Waals surface area (Å²) in [6.07, 6.45) is 1.52. The molecule has 2 aliphatic rings. The molecule has 2 heterocycles. The van der Waals surface area contributed by atoms with Gasteiger partial charge in [0.1, 0.15) is 12.4 Å². The van der Waals surface area contributed by atoms with Gasteiger partial charge in [0.15, 0.2) is 0 Å². The zero-order valence-corrected chi connectivity index (χ0v) is 18.4. The lowest BCUT2D eigenvalue weighted by Gasteiger charge is -2.45. The van der Waals surface area contributed by atoms with E-state index in [1.54, 1.807) is 12.3 Å². The molecule has 1 saturated heterocycles. The second-order valence-corrected chi connectivity index (χ2v) is 8.47. The number of carbonyl (C=O) groups excluding carboxylic acids is 2. The molecule has 0 radical (unpaired) electrons. The van der Waals surface area contributed by atoms with E-state index in [0.29, 0.717) is 19.0 Å². The van der Waals surface area contributed by atoms with Crippen molar-refractivity contribution >= 4 is 11.8 Å². The van der Waals surface area contributed by atoms with E-state index in [1.165, 1.54) is 18.5 Å². The molecule has 11 heteroatoms. The molecule has 0 unspecified atom stereocenters. The van der Waals surface area contributed by atoms with E-state index in [0.717, 1.165) is 37.8 Å². The van der Waals surface area contributed by atoms with Gasteiger partial charge in [-0.3, -0.25) is 9.59 Å². The molecule has 2 aromatic rings. The highest BCUT2D eigenvalue weighted by atomic mass is 19.4. The minimum atomic E-state index is -4.55. The Bertz CT molecular complexity index is 993. The Hall–Kier alpha value is -3.21. The summed E-state index contributed by atoms with van der Waals surface area (Å²) in [5.74, 6) is -0.438. The molecular formula is C23H26F3N5O3. The van der Waals surface area contributed by atoms with Crippen LogP contribution in [-0.4, -0.2) is 64.5 Å². The van der Waals surface area contributed by atoms with Crippen molar-refractivity contribution in [2.75, 3.05) is 19.6 Å². The van der Waals surface area contributed by atoms with Crippen LogP contribution < -0.4 is 15.4 Å². The average molecular weight is 477 g/mol. The molecule has 1 aliphatic heterocycles.